The first-order chi connectivity index (χ1) is 9.08. The van der Waals surface area contributed by atoms with Gasteiger partial charge in [-0.05, 0) is 12.0 Å². The van der Waals surface area contributed by atoms with Gasteiger partial charge in [0.15, 0.2) is 5.78 Å². The average molecular weight is 264 g/mol. The van der Waals surface area contributed by atoms with Crippen molar-refractivity contribution in [2.24, 2.45) is 0 Å². The van der Waals surface area contributed by atoms with Gasteiger partial charge in [-0.3, -0.25) is 4.79 Å². The van der Waals surface area contributed by atoms with Gasteiger partial charge in [-0.1, -0.05) is 30.3 Å². The van der Waals surface area contributed by atoms with Crippen LogP contribution in [0.5, 0.6) is 0 Å². The van der Waals surface area contributed by atoms with Gasteiger partial charge in [-0.2, -0.15) is 0 Å². The SMILES string of the molecule is O=C(CCc1ccccc1)c1c(F)cc(F)cc1F. The molecule has 4 heteroatoms. The zero-order valence-electron chi connectivity index (χ0n) is 10.00. The Hall–Kier alpha value is -2.10. The van der Waals surface area contributed by atoms with Crippen molar-refractivity contribution in [3.05, 3.63) is 71.0 Å². The second kappa shape index (κ2) is 5.69. The molecule has 1 nitrogen and oxygen atoms in total. The predicted octanol–water partition coefficient (Wildman–Crippen LogP) is 3.92. The lowest BCUT2D eigenvalue weighted by Gasteiger charge is -2.05. The summed E-state index contributed by atoms with van der Waals surface area (Å²) < 4.78 is 39.5. The lowest BCUT2D eigenvalue weighted by molar-refractivity contribution is 0.0974. The smallest absolute Gasteiger partial charge is 0.169 e. The summed E-state index contributed by atoms with van der Waals surface area (Å²) in [6, 6.07) is 10.1. The lowest BCUT2D eigenvalue weighted by Crippen LogP contribution is -2.08. The molecule has 0 unspecified atom stereocenters. The molecular formula is C15H11F3O. The molecule has 0 atom stereocenters. The van der Waals surface area contributed by atoms with Gasteiger partial charge < -0.3 is 0 Å². The third-order valence-electron chi connectivity index (χ3n) is 2.77. The molecule has 2 rings (SSSR count). The Labute approximate surface area is 108 Å². The van der Waals surface area contributed by atoms with Crippen molar-refractivity contribution in [3.8, 4) is 0 Å². The third-order valence-corrected chi connectivity index (χ3v) is 2.77. The molecule has 2 aromatic rings. The predicted molar refractivity (Wildman–Crippen MR) is 65.4 cm³/mol. The van der Waals surface area contributed by atoms with Crippen LogP contribution in [0.4, 0.5) is 13.2 Å². The zero-order chi connectivity index (χ0) is 13.8. The van der Waals surface area contributed by atoms with E-state index in [9.17, 15) is 18.0 Å². The van der Waals surface area contributed by atoms with Gasteiger partial charge in [-0.25, -0.2) is 13.2 Å². The molecule has 0 aliphatic heterocycles. The molecule has 0 N–H and O–H groups in total. The highest BCUT2D eigenvalue weighted by Crippen LogP contribution is 2.17. The first-order valence-electron chi connectivity index (χ1n) is 5.79. The van der Waals surface area contributed by atoms with Crippen LogP contribution in [0.1, 0.15) is 22.3 Å². The van der Waals surface area contributed by atoms with Crippen molar-refractivity contribution in [3.63, 3.8) is 0 Å². The third kappa shape index (κ3) is 3.22. The first kappa shape index (κ1) is 13.3. The Bertz CT molecular complexity index is 571. The van der Waals surface area contributed by atoms with Crippen molar-refractivity contribution >= 4 is 5.78 Å². The molecule has 0 aromatic heterocycles. The Kier molecular flexibility index (Phi) is 4.00. The van der Waals surface area contributed by atoms with E-state index in [1.807, 2.05) is 30.3 Å². The van der Waals surface area contributed by atoms with Gasteiger partial charge in [0, 0.05) is 18.6 Å². The van der Waals surface area contributed by atoms with E-state index in [2.05, 4.69) is 0 Å². The maximum atomic E-state index is 13.4. The minimum absolute atomic E-state index is 0.0243. The highest BCUT2D eigenvalue weighted by atomic mass is 19.1. The highest BCUT2D eigenvalue weighted by Gasteiger charge is 2.18. The number of carbonyl (C=O) groups is 1. The molecule has 0 aliphatic carbocycles. The van der Waals surface area contributed by atoms with Crippen LogP contribution >= 0.6 is 0 Å². The van der Waals surface area contributed by atoms with Gasteiger partial charge in [0.05, 0.1) is 5.56 Å². The van der Waals surface area contributed by atoms with Crippen molar-refractivity contribution in [2.45, 2.75) is 12.8 Å². The minimum atomic E-state index is -1.16. The Morgan fingerprint density at radius 1 is 0.947 bits per heavy atom. The number of rotatable bonds is 4. The molecule has 0 fully saturated rings. The normalized spacial score (nSPS) is 10.5. The average Bonchev–Trinajstić information content (AvgIpc) is 2.36. The number of carbonyl (C=O) groups excluding carboxylic acids is 1. The van der Waals surface area contributed by atoms with Crippen molar-refractivity contribution in [1.82, 2.24) is 0 Å². The Morgan fingerprint density at radius 2 is 1.53 bits per heavy atom. The van der Waals surface area contributed by atoms with Crippen LogP contribution in [0.3, 0.4) is 0 Å². The van der Waals surface area contributed by atoms with E-state index in [1.165, 1.54) is 0 Å². The molecular weight excluding hydrogens is 253 g/mol. The number of Topliss-reactive ketones (excluding diaryl/α,β-unsaturated/α-hetero) is 1. The quantitative estimate of drug-likeness (QED) is 0.765. The van der Waals surface area contributed by atoms with Crippen LogP contribution < -0.4 is 0 Å². The Morgan fingerprint density at radius 3 is 2.11 bits per heavy atom. The lowest BCUT2D eigenvalue weighted by atomic mass is 10.0. The van der Waals surface area contributed by atoms with Crippen LogP contribution in [0, 0.1) is 17.5 Å². The number of halogens is 3. The Balaban J connectivity index is 2.13. The van der Waals surface area contributed by atoms with Crippen LogP contribution in [0.15, 0.2) is 42.5 Å². The summed E-state index contributed by atoms with van der Waals surface area (Å²) in [5.74, 6) is -4.01. The number of aryl methyl sites for hydroxylation is 1. The summed E-state index contributed by atoms with van der Waals surface area (Å²) in [7, 11) is 0. The van der Waals surface area contributed by atoms with Gasteiger partial charge in [0.1, 0.15) is 17.5 Å². The van der Waals surface area contributed by atoms with E-state index in [4.69, 9.17) is 0 Å². The summed E-state index contributed by atoms with van der Waals surface area (Å²) in [6.45, 7) is 0. The summed E-state index contributed by atoms with van der Waals surface area (Å²) in [6.07, 6.45) is 0.361. The number of benzene rings is 2. The van der Waals surface area contributed by atoms with Gasteiger partial charge in [0.25, 0.3) is 0 Å². The summed E-state index contributed by atoms with van der Waals surface area (Å²) in [4.78, 5) is 11.8. The standard InChI is InChI=1S/C15H11F3O/c16-11-8-12(17)15(13(18)9-11)14(19)7-6-10-4-2-1-3-5-10/h1-5,8-9H,6-7H2. The van der Waals surface area contributed by atoms with E-state index in [0.29, 0.717) is 18.6 Å². The van der Waals surface area contributed by atoms with Gasteiger partial charge in [0.2, 0.25) is 0 Å². The van der Waals surface area contributed by atoms with Crippen molar-refractivity contribution < 1.29 is 18.0 Å². The zero-order valence-corrected chi connectivity index (χ0v) is 10.00. The fourth-order valence-electron chi connectivity index (χ4n) is 1.84. The van der Waals surface area contributed by atoms with Crippen LogP contribution in [0.2, 0.25) is 0 Å². The van der Waals surface area contributed by atoms with E-state index in [1.54, 1.807) is 0 Å². The summed E-state index contributed by atoms with van der Waals surface area (Å²) in [5, 5.41) is 0. The topological polar surface area (TPSA) is 17.1 Å². The van der Waals surface area contributed by atoms with Gasteiger partial charge in [-0.15, -0.1) is 0 Å². The van der Waals surface area contributed by atoms with Crippen LogP contribution in [-0.2, 0) is 6.42 Å². The first-order valence-corrected chi connectivity index (χ1v) is 5.79. The molecule has 0 saturated heterocycles. The highest BCUT2D eigenvalue weighted by molar-refractivity contribution is 5.96. The molecule has 0 spiro atoms. The fourth-order valence-corrected chi connectivity index (χ4v) is 1.84. The molecule has 0 heterocycles. The molecule has 0 amide bonds. The maximum Gasteiger partial charge on any atom is 0.169 e. The fraction of sp³-hybridized carbons (Fsp3) is 0.133. The largest absolute Gasteiger partial charge is 0.294 e. The number of hydrogen-bond acceptors (Lipinski definition) is 1. The van der Waals surface area contributed by atoms with E-state index in [0.717, 1.165) is 5.56 Å². The summed E-state index contributed by atoms with van der Waals surface area (Å²) in [5.41, 5.74) is 0.233. The number of ketones is 1. The molecule has 0 radical (unpaired) electrons. The monoisotopic (exact) mass is 264 g/mol. The molecule has 0 bridgehead atoms. The molecule has 2 aromatic carbocycles. The minimum Gasteiger partial charge on any atom is -0.294 e. The van der Waals surface area contributed by atoms with Crippen molar-refractivity contribution in [2.75, 3.05) is 0 Å². The number of hydrogen-bond donors (Lipinski definition) is 0. The van der Waals surface area contributed by atoms with Crippen LogP contribution in [0.25, 0.3) is 0 Å². The summed E-state index contributed by atoms with van der Waals surface area (Å²) >= 11 is 0. The maximum absolute atomic E-state index is 13.4. The second-order valence-electron chi connectivity index (χ2n) is 4.15. The van der Waals surface area contributed by atoms with E-state index < -0.39 is 28.8 Å². The second-order valence-corrected chi connectivity index (χ2v) is 4.15. The molecule has 98 valence electrons. The van der Waals surface area contributed by atoms with E-state index in [-0.39, 0.29) is 6.42 Å². The molecule has 0 saturated carbocycles. The van der Waals surface area contributed by atoms with Crippen LogP contribution in [-0.4, -0.2) is 5.78 Å². The van der Waals surface area contributed by atoms with E-state index >= 15 is 0 Å². The molecule has 19 heavy (non-hydrogen) atoms. The van der Waals surface area contributed by atoms with Gasteiger partial charge >= 0.3 is 0 Å². The molecule has 0 aliphatic rings. The van der Waals surface area contributed by atoms with Crippen molar-refractivity contribution in [1.29, 1.82) is 0 Å².